The zero-order valence-corrected chi connectivity index (χ0v) is 23.7. The maximum Gasteiger partial charge on any atom is 0.342 e. The van der Waals surface area contributed by atoms with Gasteiger partial charge in [0.25, 0.3) is 15.9 Å². The number of methoxy groups -OCH3 is 2. The number of thiophene rings is 1. The van der Waals surface area contributed by atoms with Gasteiger partial charge in [0.05, 0.1) is 30.4 Å². The molecule has 0 unspecified atom stereocenters. The van der Waals surface area contributed by atoms with Crippen molar-refractivity contribution in [2.75, 3.05) is 37.0 Å². The highest BCUT2D eigenvalue weighted by atomic mass is 32.2. The summed E-state index contributed by atoms with van der Waals surface area (Å²) in [5.74, 6) is -2.00. The smallest absolute Gasteiger partial charge is 0.342 e. The first-order chi connectivity index (χ1) is 19.2. The number of fused-ring (bicyclic) bond motifs is 2. The number of nitrogens with one attached hydrogen (secondary N) is 1. The lowest BCUT2D eigenvalue weighted by atomic mass is 9.95. The Labute approximate surface area is 235 Å². The summed E-state index contributed by atoms with van der Waals surface area (Å²) in [6.07, 6.45) is 4.07. The molecule has 1 aliphatic heterocycles. The van der Waals surface area contributed by atoms with E-state index in [1.54, 1.807) is 12.1 Å². The van der Waals surface area contributed by atoms with Crippen LogP contribution in [-0.4, -0.2) is 53.6 Å². The standard InChI is InChI=1S/C28H28N2O8S2/c1-36-22-12-11-18(40(34,35)30-14-13-17-7-3-5-9-21(17)30)15-20(22)27(32)38-16-24(31)29-26-25(28(33)37-2)19-8-4-6-10-23(19)39-26/h3,5,7,9,11-12,15H,4,6,8,10,13-14,16H2,1-2H3,(H,29,31). The number of sulfonamides is 1. The van der Waals surface area contributed by atoms with Crippen LogP contribution in [0, 0.1) is 0 Å². The van der Waals surface area contributed by atoms with Crippen LogP contribution >= 0.6 is 11.3 Å². The van der Waals surface area contributed by atoms with Crippen LogP contribution < -0.4 is 14.4 Å². The van der Waals surface area contributed by atoms with Crippen LogP contribution in [0.3, 0.4) is 0 Å². The molecule has 0 radical (unpaired) electrons. The molecule has 1 aliphatic carbocycles. The minimum atomic E-state index is -3.97. The molecule has 3 aromatic rings. The molecule has 12 heteroatoms. The third-order valence-corrected chi connectivity index (χ3v) is 9.99. The monoisotopic (exact) mass is 584 g/mol. The number of carbonyl (C=O) groups is 3. The van der Waals surface area contributed by atoms with E-state index in [0.717, 1.165) is 41.7 Å². The Kier molecular flexibility index (Phi) is 7.81. The average Bonchev–Trinajstić information content (AvgIpc) is 3.57. The van der Waals surface area contributed by atoms with E-state index in [0.29, 0.717) is 22.7 Å². The first-order valence-corrected chi connectivity index (χ1v) is 15.0. The highest BCUT2D eigenvalue weighted by Gasteiger charge is 2.32. The Morgan fingerprint density at radius 3 is 2.55 bits per heavy atom. The highest BCUT2D eigenvalue weighted by molar-refractivity contribution is 7.92. The third-order valence-electron chi connectivity index (χ3n) is 6.97. The van der Waals surface area contributed by atoms with Crippen molar-refractivity contribution >= 4 is 49.9 Å². The van der Waals surface area contributed by atoms with E-state index in [4.69, 9.17) is 14.2 Å². The van der Waals surface area contributed by atoms with Crippen molar-refractivity contribution in [3.63, 3.8) is 0 Å². The highest BCUT2D eigenvalue weighted by Crippen LogP contribution is 2.39. The molecular weight excluding hydrogens is 556 g/mol. The molecular formula is C28H28N2O8S2. The molecule has 1 N–H and O–H groups in total. The number of nitrogens with zero attached hydrogens (tertiary/aromatic N) is 1. The second-order valence-corrected chi connectivity index (χ2v) is 12.3. The lowest BCUT2D eigenvalue weighted by molar-refractivity contribution is -0.119. The molecule has 40 heavy (non-hydrogen) atoms. The van der Waals surface area contributed by atoms with Gasteiger partial charge in [0.1, 0.15) is 16.3 Å². The SMILES string of the molecule is COC(=O)c1c(NC(=O)COC(=O)c2cc(S(=O)(=O)N3CCc4ccccc43)ccc2OC)sc2c1CCCC2. The summed E-state index contributed by atoms with van der Waals surface area (Å²) in [6, 6.07) is 11.2. The van der Waals surface area contributed by atoms with Crippen LogP contribution in [0.2, 0.25) is 0 Å². The lowest BCUT2D eigenvalue weighted by Gasteiger charge is -2.20. The molecule has 0 saturated heterocycles. The Morgan fingerprint density at radius 2 is 1.77 bits per heavy atom. The molecule has 0 saturated carbocycles. The zero-order valence-electron chi connectivity index (χ0n) is 22.0. The van der Waals surface area contributed by atoms with Gasteiger partial charge in [-0.2, -0.15) is 0 Å². The molecule has 0 spiro atoms. The Hall–Kier alpha value is -3.90. The number of aryl methyl sites for hydroxylation is 1. The van der Waals surface area contributed by atoms with Crippen molar-refractivity contribution in [3.8, 4) is 5.75 Å². The van der Waals surface area contributed by atoms with Crippen LogP contribution in [0.4, 0.5) is 10.7 Å². The number of rotatable bonds is 8. The summed E-state index contributed by atoms with van der Waals surface area (Å²) in [5, 5.41) is 3.03. The Balaban J connectivity index is 1.32. The average molecular weight is 585 g/mol. The molecule has 2 heterocycles. The van der Waals surface area contributed by atoms with Crippen molar-refractivity contribution in [2.24, 2.45) is 0 Å². The largest absolute Gasteiger partial charge is 0.496 e. The van der Waals surface area contributed by atoms with Crippen molar-refractivity contribution in [1.82, 2.24) is 0 Å². The lowest BCUT2D eigenvalue weighted by Crippen LogP contribution is -2.29. The minimum Gasteiger partial charge on any atom is -0.496 e. The minimum absolute atomic E-state index is 0.102. The van der Waals surface area contributed by atoms with Gasteiger partial charge in [0.15, 0.2) is 6.61 Å². The van der Waals surface area contributed by atoms with Crippen molar-refractivity contribution in [3.05, 3.63) is 69.6 Å². The van der Waals surface area contributed by atoms with E-state index in [1.807, 2.05) is 12.1 Å². The maximum absolute atomic E-state index is 13.5. The quantitative estimate of drug-likeness (QED) is 0.394. The molecule has 0 atom stereocenters. The van der Waals surface area contributed by atoms with Gasteiger partial charge in [0.2, 0.25) is 0 Å². The van der Waals surface area contributed by atoms with E-state index in [-0.39, 0.29) is 22.8 Å². The fourth-order valence-electron chi connectivity index (χ4n) is 5.04. The molecule has 5 rings (SSSR count). The number of esters is 2. The van der Waals surface area contributed by atoms with Crippen molar-refractivity contribution in [2.45, 2.75) is 37.0 Å². The number of hydrogen-bond donors (Lipinski definition) is 1. The van der Waals surface area contributed by atoms with E-state index in [9.17, 15) is 22.8 Å². The van der Waals surface area contributed by atoms with E-state index >= 15 is 0 Å². The normalized spacial score (nSPS) is 14.2. The number of para-hydroxylation sites is 1. The number of anilines is 2. The molecule has 2 aromatic carbocycles. The van der Waals surface area contributed by atoms with Gasteiger partial charge >= 0.3 is 11.9 Å². The number of hydrogen-bond acceptors (Lipinski definition) is 9. The van der Waals surface area contributed by atoms with Crippen LogP contribution in [-0.2, 0) is 43.6 Å². The van der Waals surface area contributed by atoms with E-state index in [2.05, 4.69) is 5.32 Å². The van der Waals surface area contributed by atoms with E-state index < -0.39 is 34.5 Å². The molecule has 2 aliphatic rings. The van der Waals surface area contributed by atoms with Crippen LogP contribution in [0.5, 0.6) is 5.75 Å². The van der Waals surface area contributed by atoms with Gasteiger partial charge in [-0.15, -0.1) is 11.3 Å². The number of ether oxygens (including phenoxy) is 3. The molecule has 0 fully saturated rings. The van der Waals surface area contributed by atoms with Gasteiger partial charge in [-0.3, -0.25) is 9.10 Å². The summed E-state index contributed by atoms with van der Waals surface area (Å²) in [6.45, 7) is -0.366. The zero-order chi connectivity index (χ0) is 28.4. The summed E-state index contributed by atoms with van der Waals surface area (Å²) >= 11 is 1.32. The first-order valence-electron chi connectivity index (χ1n) is 12.7. The maximum atomic E-state index is 13.5. The van der Waals surface area contributed by atoms with Crippen LogP contribution in [0.1, 0.15) is 49.6 Å². The number of carbonyl (C=O) groups excluding carboxylic acids is 3. The molecule has 210 valence electrons. The first kappa shape index (κ1) is 27.7. The second kappa shape index (κ2) is 11.3. The summed E-state index contributed by atoms with van der Waals surface area (Å²) < 4.78 is 43.7. The number of benzene rings is 2. The van der Waals surface area contributed by atoms with E-state index in [1.165, 1.54) is 48.1 Å². The molecule has 10 nitrogen and oxygen atoms in total. The van der Waals surface area contributed by atoms with Crippen molar-refractivity contribution < 1.29 is 37.0 Å². The van der Waals surface area contributed by atoms with Gasteiger partial charge in [-0.05, 0) is 67.5 Å². The summed E-state index contributed by atoms with van der Waals surface area (Å²) in [5.41, 5.74) is 2.61. The van der Waals surface area contributed by atoms with Gasteiger partial charge in [-0.25, -0.2) is 18.0 Å². The third kappa shape index (κ3) is 5.16. The summed E-state index contributed by atoms with van der Waals surface area (Å²) in [4.78, 5) is 39.1. The predicted octanol–water partition coefficient (Wildman–Crippen LogP) is 3.97. The predicted molar refractivity (Wildman–Crippen MR) is 149 cm³/mol. The molecule has 1 amide bonds. The van der Waals surface area contributed by atoms with Gasteiger partial charge < -0.3 is 19.5 Å². The number of amides is 1. The van der Waals surface area contributed by atoms with Crippen LogP contribution in [0.25, 0.3) is 0 Å². The van der Waals surface area contributed by atoms with Crippen LogP contribution in [0.15, 0.2) is 47.4 Å². The fourth-order valence-corrected chi connectivity index (χ4v) is 7.86. The summed E-state index contributed by atoms with van der Waals surface area (Å²) in [7, 11) is -1.35. The molecule has 0 bridgehead atoms. The second-order valence-electron chi connectivity index (χ2n) is 9.35. The van der Waals surface area contributed by atoms with Gasteiger partial charge in [0, 0.05) is 11.4 Å². The molecule has 1 aromatic heterocycles. The van der Waals surface area contributed by atoms with Crippen molar-refractivity contribution in [1.29, 1.82) is 0 Å². The topological polar surface area (TPSA) is 128 Å². The Morgan fingerprint density at radius 1 is 1.00 bits per heavy atom. The fraction of sp³-hybridized carbons (Fsp3) is 0.321. The Bertz CT molecular complexity index is 1600. The van der Waals surface area contributed by atoms with Gasteiger partial charge in [-0.1, -0.05) is 18.2 Å².